The molecule has 0 radical (unpaired) electrons. The maximum atomic E-state index is 13.1. The fraction of sp³-hybridized carbons (Fsp3) is 0.462. The van der Waals surface area contributed by atoms with Gasteiger partial charge in [0.05, 0.1) is 0 Å². The Bertz CT molecular complexity index is 432. The summed E-state index contributed by atoms with van der Waals surface area (Å²) in [6, 6.07) is 3.13. The van der Waals surface area contributed by atoms with Gasteiger partial charge in [0, 0.05) is 29.5 Å². The average molecular weight is 318 g/mol. The molecule has 1 fully saturated rings. The highest BCUT2D eigenvalue weighted by molar-refractivity contribution is 9.09. The van der Waals surface area contributed by atoms with Gasteiger partial charge in [-0.15, -0.1) is 0 Å². The lowest BCUT2D eigenvalue weighted by Gasteiger charge is -2.24. The molecule has 0 aromatic heterocycles. The largest absolute Gasteiger partial charge is 0.336 e. The zero-order valence-electron chi connectivity index (χ0n) is 9.83. The molecule has 5 heteroatoms. The Morgan fingerprint density at radius 1 is 1.33 bits per heavy atom. The molecule has 0 aliphatic carbocycles. The van der Waals surface area contributed by atoms with E-state index in [1.807, 2.05) is 0 Å². The van der Waals surface area contributed by atoms with Gasteiger partial charge in [0.2, 0.25) is 0 Å². The quantitative estimate of drug-likeness (QED) is 0.783. The first-order valence-electron chi connectivity index (χ1n) is 5.95. The molecule has 2 rings (SSSR count). The van der Waals surface area contributed by atoms with E-state index in [4.69, 9.17) is 0 Å². The van der Waals surface area contributed by atoms with E-state index in [1.54, 1.807) is 4.90 Å². The molecule has 1 aromatic carbocycles. The van der Waals surface area contributed by atoms with Gasteiger partial charge in [-0.1, -0.05) is 15.9 Å². The van der Waals surface area contributed by atoms with Crippen molar-refractivity contribution in [3.8, 4) is 0 Å². The summed E-state index contributed by atoms with van der Waals surface area (Å²) in [6.45, 7) is 0.661. The van der Waals surface area contributed by atoms with E-state index >= 15 is 0 Å². The number of hydrogen-bond donors (Lipinski definition) is 0. The minimum atomic E-state index is -0.713. The number of hydrogen-bond acceptors (Lipinski definition) is 1. The predicted octanol–water partition coefficient (Wildman–Crippen LogP) is 3.35. The zero-order chi connectivity index (χ0) is 13.1. The van der Waals surface area contributed by atoms with Crippen LogP contribution in [0.3, 0.4) is 0 Å². The van der Waals surface area contributed by atoms with Crippen molar-refractivity contribution in [3.63, 3.8) is 0 Å². The molecule has 1 unspecified atom stereocenters. The van der Waals surface area contributed by atoms with Gasteiger partial charge < -0.3 is 4.90 Å². The fourth-order valence-corrected chi connectivity index (χ4v) is 2.90. The van der Waals surface area contributed by atoms with E-state index < -0.39 is 11.6 Å². The molecule has 1 aromatic rings. The second-order valence-electron chi connectivity index (χ2n) is 4.43. The number of carbonyl (C=O) groups is 1. The second-order valence-corrected chi connectivity index (χ2v) is 5.22. The predicted molar refractivity (Wildman–Crippen MR) is 68.8 cm³/mol. The standard InChI is InChI=1S/C13H14BrF2NO/c14-4-3-12-2-1-5-17(12)13(18)9-6-10(15)8-11(16)7-9/h6-8,12H,1-5H2. The third-order valence-electron chi connectivity index (χ3n) is 3.19. The molecular weight excluding hydrogens is 304 g/mol. The van der Waals surface area contributed by atoms with Crippen LogP contribution in [0.25, 0.3) is 0 Å². The van der Waals surface area contributed by atoms with Crippen molar-refractivity contribution in [2.45, 2.75) is 25.3 Å². The molecule has 0 saturated carbocycles. The van der Waals surface area contributed by atoms with Crippen LogP contribution in [0.4, 0.5) is 8.78 Å². The molecule has 1 aliphatic rings. The molecule has 1 saturated heterocycles. The van der Waals surface area contributed by atoms with Crippen LogP contribution >= 0.6 is 15.9 Å². The first-order chi connectivity index (χ1) is 8.61. The van der Waals surface area contributed by atoms with Gasteiger partial charge in [-0.25, -0.2) is 8.78 Å². The Morgan fingerprint density at radius 3 is 2.61 bits per heavy atom. The van der Waals surface area contributed by atoms with Crippen molar-refractivity contribution in [2.75, 3.05) is 11.9 Å². The maximum Gasteiger partial charge on any atom is 0.254 e. The van der Waals surface area contributed by atoms with Crippen LogP contribution in [0.2, 0.25) is 0 Å². The molecule has 98 valence electrons. The van der Waals surface area contributed by atoms with Gasteiger partial charge in [-0.3, -0.25) is 4.79 Å². The summed E-state index contributed by atoms with van der Waals surface area (Å²) in [5.41, 5.74) is 0.0916. The van der Waals surface area contributed by atoms with Crippen LogP contribution in [0, 0.1) is 11.6 Å². The molecule has 0 bridgehead atoms. The van der Waals surface area contributed by atoms with Crippen molar-refractivity contribution in [1.82, 2.24) is 4.90 Å². The molecular formula is C13H14BrF2NO. The Labute approximate surface area is 113 Å². The number of benzene rings is 1. The van der Waals surface area contributed by atoms with Gasteiger partial charge in [0.15, 0.2) is 0 Å². The van der Waals surface area contributed by atoms with Gasteiger partial charge in [0.1, 0.15) is 11.6 Å². The number of alkyl halides is 1. The smallest absolute Gasteiger partial charge is 0.254 e. The monoisotopic (exact) mass is 317 g/mol. The molecule has 0 spiro atoms. The van der Waals surface area contributed by atoms with E-state index in [2.05, 4.69) is 15.9 Å². The van der Waals surface area contributed by atoms with Gasteiger partial charge in [0.25, 0.3) is 5.91 Å². The number of carbonyl (C=O) groups excluding carboxylic acids is 1. The normalized spacial score (nSPS) is 19.3. The first kappa shape index (κ1) is 13.5. The van der Waals surface area contributed by atoms with Crippen LogP contribution in [-0.4, -0.2) is 28.7 Å². The lowest BCUT2D eigenvalue weighted by atomic mass is 10.1. The minimum Gasteiger partial charge on any atom is -0.336 e. The highest BCUT2D eigenvalue weighted by Crippen LogP contribution is 2.23. The Balaban J connectivity index is 2.19. The van der Waals surface area contributed by atoms with E-state index in [0.717, 1.165) is 42.8 Å². The minimum absolute atomic E-state index is 0.0916. The molecule has 1 aliphatic heterocycles. The summed E-state index contributed by atoms with van der Waals surface area (Å²) in [5, 5.41) is 0.818. The number of nitrogens with zero attached hydrogens (tertiary/aromatic N) is 1. The second kappa shape index (κ2) is 5.78. The van der Waals surface area contributed by atoms with Crippen LogP contribution in [0.15, 0.2) is 18.2 Å². The Kier molecular flexibility index (Phi) is 4.32. The molecule has 1 amide bonds. The summed E-state index contributed by atoms with van der Waals surface area (Å²) in [4.78, 5) is 13.9. The van der Waals surface area contributed by atoms with Crippen molar-refractivity contribution in [1.29, 1.82) is 0 Å². The van der Waals surface area contributed by atoms with Gasteiger partial charge in [-0.2, -0.15) is 0 Å². The van der Waals surface area contributed by atoms with Crippen LogP contribution in [0.1, 0.15) is 29.6 Å². The van der Waals surface area contributed by atoms with Crippen LogP contribution in [-0.2, 0) is 0 Å². The highest BCUT2D eigenvalue weighted by atomic mass is 79.9. The molecule has 1 heterocycles. The number of likely N-dealkylation sites (tertiary alicyclic amines) is 1. The Morgan fingerprint density at radius 2 is 2.00 bits per heavy atom. The zero-order valence-corrected chi connectivity index (χ0v) is 11.4. The Hall–Kier alpha value is -0.970. The van der Waals surface area contributed by atoms with Crippen molar-refractivity contribution in [2.24, 2.45) is 0 Å². The lowest BCUT2D eigenvalue weighted by Crippen LogP contribution is -2.35. The third-order valence-corrected chi connectivity index (χ3v) is 3.65. The fourth-order valence-electron chi connectivity index (χ4n) is 2.37. The van der Waals surface area contributed by atoms with E-state index in [9.17, 15) is 13.6 Å². The topological polar surface area (TPSA) is 20.3 Å². The average Bonchev–Trinajstić information content (AvgIpc) is 2.75. The summed E-state index contributed by atoms with van der Waals surface area (Å²) in [6.07, 6.45) is 2.76. The van der Waals surface area contributed by atoms with Crippen molar-refractivity contribution >= 4 is 21.8 Å². The summed E-state index contributed by atoms with van der Waals surface area (Å²) in [5.74, 6) is -1.71. The van der Waals surface area contributed by atoms with E-state index in [1.165, 1.54) is 0 Å². The summed E-state index contributed by atoms with van der Waals surface area (Å²) < 4.78 is 26.2. The SMILES string of the molecule is O=C(c1cc(F)cc(F)c1)N1CCCC1CCBr. The highest BCUT2D eigenvalue weighted by Gasteiger charge is 2.29. The number of amides is 1. The van der Waals surface area contributed by atoms with Crippen molar-refractivity contribution in [3.05, 3.63) is 35.4 Å². The van der Waals surface area contributed by atoms with Crippen molar-refractivity contribution < 1.29 is 13.6 Å². The molecule has 1 atom stereocenters. The molecule has 2 nitrogen and oxygen atoms in total. The number of halogens is 3. The maximum absolute atomic E-state index is 13.1. The lowest BCUT2D eigenvalue weighted by molar-refractivity contribution is 0.0733. The van der Waals surface area contributed by atoms with E-state index in [-0.39, 0.29) is 17.5 Å². The van der Waals surface area contributed by atoms with Gasteiger partial charge in [-0.05, 0) is 31.4 Å². The molecule has 18 heavy (non-hydrogen) atoms. The summed E-state index contributed by atoms with van der Waals surface area (Å²) in [7, 11) is 0. The number of rotatable bonds is 3. The first-order valence-corrected chi connectivity index (χ1v) is 7.07. The third kappa shape index (κ3) is 2.88. The molecule has 0 N–H and O–H groups in total. The van der Waals surface area contributed by atoms with Crippen LogP contribution < -0.4 is 0 Å². The van der Waals surface area contributed by atoms with E-state index in [0.29, 0.717) is 6.54 Å². The summed E-state index contributed by atoms with van der Waals surface area (Å²) >= 11 is 3.36. The van der Waals surface area contributed by atoms with Gasteiger partial charge >= 0.3 is 0 Å². The van der Waals surface area contributed by atoms with Crippen LogP contribution in [0.5, 0.6) is 0 Å².